The maximum absolute atomic E-state index is 12.5. The molecule has 0 spiro atoms. The number of aliphatic carboxylic acids is 1. The first kappa shape index (κ1) is 21.5. The van der Waals surface area contributed by atoms with E-state index in [4.69, 9.17) is 4.74 Å². The van der Waals surface area contributed by atoms with Gasteiger partial charge in [0.2, 0.25) is 5.91 Å². The van der Waals surface area contributed by atoms with Gasteiger partial charge in [0.25, 0.3) is 0 Å². The zero-order chi connectivity index (χ0) is 20.4. The van der Waals surface area contributed by atoms with E-state index in [1.54, 1.807) is 12.1 Å². The number of carboxylic acids is 1. The number of thiol groups is 1. The van der Waals surface area contributed by atoms with Gasteiger partial charge in [0.05, 0.1) is 12.3 Å². The SMILES string of the molecule is O=C(C[C@H](NC(=O)C(CS)Cc1ccccc1)C(=O)O)OCc1ccccc1. The summed E-state index contributed by atoms with van der Waals surface area (Å²) in [4.78, 5) is 35.9. The molecule has 1 amide bonds. The average molecular weight is 401 g/mol. The summed E-state index contributed by atoms with van der Waals surface area (Å²) in [5.41, 5.74) is 1.75. The van der Waals surface area contributed by atoms with Crippen LogP contribution in [-0.4, -0.2) is 34.7 Å². The van der Waals surface area contributed by atoms with Crippen molar-refractivity contribution in [1.29, 1.82) is 0 Å². The van der Waals surface area contributed by atoms with Gasteiger partial charge in [-0.05, 0) is 17.5 Å². The predicted octanol–water partition coefficient (Wildman–Crippen LogP) is 2.48. The molecule has 2 atom stereocenters. The standard InChI is InChI=1S/C21H23NO5S/c23-19(27-13-16-9-5-2-6-10-16)12-18(21(25)26)22-20(24)17(14-28)11-15-7-3-1-4-8-15/h1-10,17-18,28H,11-14H2,(H,22,24)(H,25,26)/t17?,18-/m0/s1. The molecule has 2 aromatic carbocycles. The average Bonchev–Trinajstić information content (AvgIpc) is 2.71. The zero-order valence-electron chi connectivity index (χ0n) is 15.3. The van der Waals surface area contributed by atoms with Crippen molar-refractivity contribution in [2.45, 2.75) is 25.5 Å². The summed E-state index contributed by atoms with van der Waals surface area (Å²) in [5.74, 6) is -2.69. The van der Waals surface area contributed by atoms with Crippen LogP contribution >= 0.6 is 12.6 Å². The summed E-state index contributed by atoms with van der Waals surface area (Å²) in [5, 5.41) is 11.8. The largest absolute Gasteiger partial charge is 0.480 e. The van der Waals surface area contributed by atoms with Crippen molar-refractivity contribution in [3.05, 3.63) is 71.8 Å². The van der Waals surface area contributed by atoms with Gasteiger partial charge in [-0.25, -0.2) is 4.79 Å². The first-order chi connectivity index (χ1) is 13.5. The Morgan fingerprint density at radius 3 is 2.07 bits per heavy atom. The molecular formula is C21H23NO5S. The molecule has 0 aromatic heterocycles. The summed E-state index contributed by atoms with van der Waals surface area (Å²) >= 11 is 4.20. The first-order valence-electron chi connectivity index (χ1n) is 8.87. The lowest BCUT2D eigenvalue weighted by Crippen LogP contribution is -2.45. The van der Waals surface area contributed by atoms with Crippen molar-refractivity contribution in [2.75, 3.05) is 5.75 Å². The van der Waals surface area contributed by atoms with E-state index in [1.807, 2.05) is 48.5 Å². The number of rotatable bonds is 10. The molecule has 0 saturated carbocycles. The second-order valence-corrected chi connectivity index (χ2v) is 6.68. The molecular weight excluding hydrogens is 378 g/mol. The van der Waals surface area contributed by atoms with Crippen molar-refractivity contribution in [2.24, 2.45) is 5.92 Å². The number of carbonyl (C=O) groups excluding carboxylic acids is 2. The van der Waals surface area contributed by atoms with Crippen molar-refractivity contribution >= 4 is 30.5 Å². The molecule has 7 heteroatoms. The highest BCUT2D eigenvalue weighted by molar-refractivity contribution is 7.80. The summed E-state index contributed by atoms with van der Waals surface area (Å²) in [6.07, 6.45) is -0.0144. The zero-order valence-corrected chi connectivity index (χ0v) is 16.2. The van der Waals surface area contributed by atoms with Gasteiger partial charge in [-0.1, -0.05) is 60.7 Å². The Hall–Kier alpha value is -2.80. The summed E-state index contributed by atoms with van der Waals surface area (Å²) in [6, 6.07) is 17.1. The van der Waals surface area contributed by atoms with E-state index < -0.39 is 36.2 Å². The Morgan fingerprint density at radius 1 is 0.964 bits per heavy atom. The smallest absolute Gasteiger partial charge is 0.326 e. The number of esters is 1. The highest BCUT2D eigenvalue weighted by atomic mass is 32.1. The number of benzene rings is 2. The molecule has 0 fully saturated rings. The molecule has 0 aliphatic heterocycles. The van der Waals surface area contributed by atoms with Gasteiger partial charge >= 0.3 is 11.9 Å². The van der Waals surface area contributed by atoms with Gasteiger partial charge in [0.1, 0.15) is 12.6 Å². The van der Waals surface area contributed by atoms with Crippen LogP contribution in [0.3, 0.4) is 0 Å². The van der Waals surface area contributed by atoms with E-state index in [9.17, 15) is 19.5 Å². The maximum Gasteiger partial charge on any atom is 0.326 e. The summed E-state index contributed by atoms with van der Waals surface area (Å²) in [7, 11) is 0. The fourth-order valence-corrected chi connectivity index (χ4v) is 2.89. The number of hydrogen-bond acceptors (Lipinski definition) is 5. The van der Waals surface area contributed by atoms with Gasteiger partial charge in [-0.2, -0.15) is 12.6 Å². The fourth-order valence-electron chi connectivity index (χ4n) is 2.59. The van der Waals surface area contributed by atoms with E-state index in [2.05, 4.69) is 17.9 Å². The molecule has 2 N–H and O–H groups in total. The number of amides is 1. The first-order valence-corrected chi connectivity index (χ1v) is 9.50. The van der Waals surface area contributed by atoms with Crippen molar-refractivity contribution < 1.29 is 24.2 Å². The quantitative estimate of drug-likeness (QED) is 0.420. The number of ether oxygens (including phenoxy) is 1. The monoisotopic (exact) mass is 401 g/mol. The number of hydrogen-bond donors (Lipinski definition) is 3. The van der Waals surface area contributed by atoms with Gasteiger partial charge in [0, 0.05) is 5.75 Å². The molecule has 0 saturated heterocycles. The Morgan fingerprint density at radius 2 is 1.54 bits per heavy atom. The van der Waals surface area contributed by atoms with Crippen LogP contribution in [0.15, 0.2) is 60.7 Å². The van der Waals surface area contributed by atoms with Crippen molar-refractivity contribution in [3.8, 4) is 0 Å². The molecule has 2 rings (SSSR count). The maximum atomic E-state index is 12.5. The lowest BCUT2D eigenvalue weighted by atomic mass is 9.99. The van der Waals surface area contributed by atoms with Crippen LogP contribution in [0.25, 0.3) is 0 Å². The highest BCUT2D eigenvalue weighted by Gasteiger charge is 2.27. The third-order valence-electron chi connectivity index (χ3n) is 4.14. The molecule has 148 valence electrons. The molecule has 0 bridgehead atoms. The van der Waals surface area contributed by atoms with Crippen LogP contribution in [-0.2, 0) is 32.1 Å². The third-order valence-corrected chi connectivity index (χ3v) is 4.58. The van der Waals surface area contributed by atoms with E-state index in [0.717, 1.165) is 11.1 Å². The molecule has 2 aromatic rings. The van der Waals surface area contributed by atoms with Crippen molar-refractivity contribution in [3.63, 3.8) is 0 Å². The Bertz CT molecular complexity index is 782. The summed E-state index contributed by atoms with van der Waals surface area (Å²) in [6.45, 7) is 0.0488. The number of nitrogens with one attached hydrogen (secondary N) is 1. The van der Waals surface area contributed by atoms with Crippen LogP contribution in [0.5, 0.6) is 0 Å². The molecule has 6 nitrogen and oxygen atoms in total. The minimum absolute atomic E-state index is 0.0488. The van der Waals surface area contributed by atoms with E-state index in [0.29, 0.717) is 6.42 Å². The highest BCUT2D eigenvalue weighted by Crippen LogP contribution is 2.12. The van der Waals surface area contributed by atoms with Crippen LogP contribution in [0.1, 0.15) is 17.5 Å². The predicted molar refractivity (Wildman–Crippen MR) is 108 cm³/mol. The van der Waals surface area contributed by atoms with Crippen LogP contribution < -0.4 is 5.32 Å². The lowest BCUT2D eigenvalue weighted by Gasteiger charge is -2.19. The molecule has 0 heterocycles. The minimum Gasteiger partial charge on any atom is -0.480 e. The minimum atomic E-state index is -1.35. The Balaban J connectivity index is 1.90. The van der Waals surface area contributed by atoms with Crippen molar-refractivity contribution in [1.82, 2.24) is 5.32 Å². The van der Waals surface area contributed by atoms with Gasteiger partial charge in [0.15, 0.2) is 0 Å². The van der Waals surface area contributed by atoms with E-state index >= 15 is 0 Å². The molecule has 1 unspecified atom stereocenters. The number of carbonyl (C=O) groups is 3. The fraction of sp³-hybridized carbons (Fsp3) is 0.286. The third kappa shape index (κ3) is 7.08. The van der Waals surface area contributed by atoms with E-state index in [-0.39, 0.29) is 12.4 Å². The van der Waals surface area contributed by atoms with Crippen LogP contribution in [0.2, 0.25) is 0 Å². The molecule has 0 aliphatic carbocycles. The normalized spacial score (nSPS) is 12.6. The molecule has 28 heavy (non-hydrogen) atoms. The second kappa shape index (κ2) is 11.1. The Labute approximate surface area is 169 Å². The van der Waals surface area contributed by atoms with Crippen LogP contribution in [0.4, 0.5) is 0 Å². The van der Waals surface area contributed by atoms with Crippen LogP contribution in [0, 0.1) is 5.92 Å². The van der Waals surface area contributed by atoms with Gasteiger partial charge < -0.3 is 15.2 Å². The molecule has 0 aliphatic rings. The number of carboxylic acid groups (broad SMARTS) is 1. The van der Waals surface area contributed by atoms with Gasteiger partial charge in [-0.15, -0.1) is 0 Å². The molecule has 0 radical (unpaired) electrons. The van der Waals surface area contributed by atoms with Gasteiger partial charge in [-0.3, -0.25) is 9.59 Å². The second-order valence-electron chi connectivity index (χ2n) is 6.32. The lowest BCUT2D eigenvalue weighted by molar-refractivity contribution is -0.151. The Kier molecular flexibility index (Phi) is 8.55. The van der Waals surface area contributed by atoms with E-state index in [1.165, 1.54) is 0 Å². The topological polar surface area (TPSA) is 92.7 Å². The summed E-state index contributed by atoms with van der Waals surface area (Å²) < 4.78 is 5.10.